The summed E-state index contributed by atoms with van der Waals surface area (Å²) in [6, 6.07) is 0. The molecule has 21 nitrogen and oxygen atoms in total. The summed E-state index contributed by atoms with van der Waals surface area (Å²) in [6.45, 7) is -1.42. The fourth-order valence-corrected chi connectivity index (χ4v) is 5.94. The third-order valence-electron chi connectivity index (χ3n) is 7.08. The lowest BCUT2D eigenvalue weighted by Crippen LogP contribution is -2.36. The molecular formula is C21H27N10O11P. The van der Waals surface area contributed by atoms with Crippen molar-refractivity contribution in [2.75, 3.05) is 31.3 Å². The number of nitrogens with two attached hydrogens (primary N) is 1. The largest absolute Gasteiger partial charge is 0.472 e. The number of hydrogen-bond acceptors (Lipinski definition) is 17. The molecule has 0 radical (unpaired) electrons. The van der Waals surface area contributed by atoms with E-state index >= 15 is 0 Å². The average molecular weight is 626 g/mol. The molecule has 9 N–H and O–H groups in total. The minimum absolute atomic E-state index is 0.0824. The minimum atomic E-state index is -5.05. The monoisotopic (exact) mass is 626 g/mol. The number of aromatic nitrogens is 8. The van der Waals surface area contributed by atoms with Crippen molar-refractivity contribution in [2.45, 2.75) is 49.1 Å². The van der Waals surface area contributed by atoms with Gasteiger partial charge in [-0.1, -0.05) is 0 Å². The summed E-state index contributed by atoms with van der Waals surface area (Å²) in [4.78, 5) is 45.4. The van der Waals surface area contributed by atoms with E-state index in [2.05, 4.69) is 35.2 Å². The van der Waals surface area contributed by atoms with E-state index in [0.717, 1.165) is 10.9 Å². The lowest BCUT2D eigenvalue weighted by Gasteiger charge is -2.24. The number of imidazole rings is 2. The molecule has 2 aliphatic rings. The van der Waals surface area contributed by atoms with Gasteiger partial charge in [-0.05, 0) is 0 Å². The van der Waals surface area contributed by atoms with Gasteiger partial charge >= 0.3 is 7.82 Å². The molecule has 2 fully saturated rings. The summed E-state index contributed by atoms with van der Waals surface area (Å²) in [5, 5.41) is 44.5. The average Bonchev–Trinajstić information content (AvgIpc) is 3.73. The van der Waals surface area contributed by atoms with E-state index < -0.39 is 75.7 Å². The molecular weight excluding hydrogens is 599 g/mol. The first-order valence-corrected chi connectivity index (χ1v) is 14.2. The second-order valence-electron chi connectivity index (χ2n) is 9.69. The number of phosphoric ester groups is 1. The van der Waals surface area contributed by atoms with Gasteiger partial charge in [0.15, 0.2) is 35.1 Å². The molecule has 0 spiro atoms. The normalized spacial score (nSPS) is 30.7. The number of anilines is 2. The Kier molecular flexibility index (Phi) is 7.62. The highest BCUT2D eigenvalue weighted by atomic mass is 31.2. The van der Waals surface area contributed by atoms with Crippen LogP contribution in [-0.4, -0.2) is 121 Å². The molecule has 1 unspecified atom stereocenters. The van der Waals surface area contributed by atoms with E-state index in [9.17, 15) is 34.7 Å². The van der Waals surface area contributed by atoms with Crippen molar-refractivity contribution in [3.63, 3.8) is 0 Å². The number of fused-ring (bicyclic) bond motifs is 2. The Morgan fingerprint density at radius 3 is 2.44 bits per heavy atom. The maximum atomic E-state index is 13.0. The zero-order valence-corrected chi connectivity index (χ0v) is 23.0. The van der Waals surface area contributed by atoms with Crippen LogP contribution in [0.2, 0.25) is 0 Å². The zero-order chi connectivity index (χ0) is 30.6. The van der Waals surface area contributed by atoms with Crippen LogP contribution < -0.4 is 16.6 Å². The highest BCUT2D eigenvalue weighted by Gasteiger charge is 2.50. The smallest absolute Gasteiger partial charge is 0.394 e. The first-order valence-electron chi connectivity index (χ1n) is 12.7. The van der Waals surface area contributed by atoms with Crippen molar-refractivity contribution in [3.05, 3.63) is 29.3 Å². The van der Waals surface area contributed by atoms with Crippen molar-refractivity contribution < 1.29 is 48.4 Å². The number of hydrogen-bond donors (Lipinski definition) is 8. The Balaban J connectivity index is 1.19. The Morgan fingerprint density at radius 2 is 1.72 bits per heavy atom. The van der Waals surface area contributed by atoms with E-state index in [0.29, 0.717) is 17.0 Å². The number of aliphatic hydroxyl groups excluding tert-OH is 4. The molecule has 9 atom stereocenters. The summed E-state index contributed by atoms with van der Waals surface area (Å²) >= 11 is 0. The number of nitrogens with zero attached hydrogens (tertiary/aromatic N) is 7. The summed E-state index contributed by atoms with van der Waals surface area (Å²) in [5.41, 5.74) is 5.42. The van der Waals surface area contributed by atoms with E-state index in [1.165, 1.54) is 17.2 Å². The van der Waals surface area contributed by atoms with Crippen LogP contribution in [-0.2, 0) is 23.1 Å². The van der Waals surface area contributed by atoms with E-state index in [1.54, 1.807) is 7.05 Å². The van der Waals surface area contributed by atoms with Crippen molar-refractivity contribution in [1.29, 1.82) is 0 Å². The molecule has 0 saturated carbocycles. The molecule has 4 aromatic rings. The lowest BCUT2D eigenvalue weighted by molar-refractivity contribution is -0.0615. The second kappa shape index (κ2) is 11.1. The van der Waals surface area contributed by atoms with Gasteiger partial charge in [-0.25, -0.2) is 24.5 Å². The maximum Gasteiger partial charge on any atom is 0.472 e. The van der Waals surface area contributed by atoms with Crippen molar-refractivity contribution in [3.8, 4) is 0 Å². The quantitative estimate of drug-likeness (QED) is 0.0856. The molecule has 22 heteroatoms. The summed E-state index contributed by atoms with van der Waals surface area (Å²) in [6.07, 6.45) is -7.80. The fourth-order valence-electron chi connectivity index (χ4n) is 5.01. The molecule has 4 aromatic heterocycles. The molecule has 6 rings (SSSR count). The lowest BCUT2D eigenvalue weighted by atomic mass is 10.1. The van der Waals surface area contributed by atoms with Crippen LogP contribution in [0.3, 0.4) is 0 Å². The van der Waals surface area contributed by atoms with Crippen LogP contribution in [0.25, 0.3) is 22.3 Å². The second-order valence-corrected chi connectivity index (χ2v) is 11.1. The highest BCUT2D eigenvalue weighted by Crippen LogP contribution is 2.50. The number of nitrogen functional groups attached to an aromatic ring is 1. The number of rotatable bonds is 9. The Labute approximate surface area is 239 Å². The first kappa shape index (κ1) is 29.4. The SMILES string of the molecule is CNc1ncnc2c1ncn2[C@@H]1O[C@H](COP(=O)(O)O[C@@H]2[C@H](O)[C@@H](CO)O[C@H]2n2cnc3c(=O)[nH]c(N)nc32)[C@@H](O)[C@H]1O. The Bertz CT molecular complexity index is 1750. The molecule has 43 heavy (non-hydrogen) atoms. The number of nitrogens with one attached hydrogen (secondary N) is 2. The fraction of sp³-hybridized carbons (Fsp3) is 0.524. The van der Waals surface area contributed by atoms with E-state index in [-0.39, 0.29) is 17.1 Å². The molecule has 0 aromatic carbocycles. The molecule has 2 saturated heterocycles. The molecule has 0 aliphatic carbocycles. The molecule has 2 aliphatic heterocycles. The van der Waals surface area contributed by atoms with Gasteiger partial charge in [-0.3, -0.25) is 28.0 Å². The number of aliphatic hydroxyl groups is 4. The summed E-state index contributed by atoms with van der Waals surface area (Å²) < 4.78 is 37.3. The third kappa shape index (κ3) is 5.14. The summed E-state index contributed by atoms with van der Waals surface area (Å²) in [7, 11) is -3.41. The van der Waals surface area contributed by atoms with Gasteiger partial charge in [0.1, 0.15) is 48.5 Å². The Hall–Kier alpha value is -3.63. The van der Waals surface area contributed by atoms with Crippen LogP contribution in [0.1, 0.15) is 12.5 Å². The highest BCUT2D eigenvalue weighted by molar-refractivity contribution is 7.47. The van der Waals surface area contributed by atoms with Gasteiger partial charge in [-0.2, -0.15) is 4.98 Å². The van der Waals surface area contributed by atoms with E-state index in [1.807, 2.05) is 0 Å². The van der Waals surface area contributed by atoms with Crippen molar-refractivity contribution in [1.82, 2.24) is 39.0 Å². The van der Waals surface area contributed by atoms with Gasteiger partial charge in [0.05, 0.1) is 25.9 Å². The van der Waals surface area contributed by atoms with Gasteiger partial charge in [0.2, 0.25) is 5.95 Å². The maximum absolute atomic E-state index is 13.0. The van der Waals surface area contributed by atoms with Crippen LogP contribution >= 0.6 is 7.82 Å². The molecule has 0 bridgehead atoms. The van der Waals surface area contributed by atoms with Gasteiger partial charge < -0.3 is 45.8 Å². The third-order valence-corrected chi connectivity index (χ3v) is 8.07. The number of H-pyrrole nitrogens is 1. The standard InChI is InChI=1S/C21H27N10O11P/c1-23-15-9-16(25-4-24-15)30(5-26-9)19-13(35)11(33)8(41-19)3-39-43(37,38)42-14-12(34)7(2-32)40-20(14)31-6-27-10-17(31)28-21(22)29-18(10)36/h4-8,11-14,19-20,32-35H,2-3H2,1H3,(H,37,38)(H,23,24,25)(H3,22,28,29,36)/t7-,8-,11-,12-,13-,14-,19-,20-/m1/s1. The zero-order valence-electron chi connectivity index (χ0n) is 22.1. The number of phosphoric acid groups is 1. The molecule has 6 heterocycles. The predicted molar refractivity (Wildman–Crippen MR) is 141 cm³/mol. The molecule has 0 amide bonds. The Morgan fingerprint density at radius 1 is 1.02 bits per heavy atom. The first-order chi connectivity index (χ1) is 20.5. The van der Waals surface area contributed by atoms with Gasteiger partial charge in [0.25, 0.3) is 5.56 Å². The van der Waals surface area contributed by atoms with Gasteiger partial charge in [0, 0.05) is 7.05 Å². The minimum Gasteiger partial charge on any atom is -0.394 e. The van der Waals surface area contributed by atoms with Crippen LogP contribution in [0.15, 0.2) is 23.8 Å². The van der Waals surface area contributed by atoms with Crippen molar-refractivity contribution >= 4 is 41.9 Å². The van der Waals surface area contributed by atoms with Crippen LogP contribution in [0.5, 0.6) is 0 Å². The van der Waals surface area contributed by atoms with Crippen molar-refractivity contribution in [2.24, 2.45) is 0 Å². The van der Waals surface area contributed by atoms with E-state index in [4.69, 9.17) is 24.3 Å². The topological polar surface area (TPSA) is 300 Å². The van der Waals surface area contributed by atoms with Crippen LogP contribution in [0, 0.1) is 0 Å². The predicted octanol–water partition coefficient (Wildman–Crippen LogP) is -3.04. The number of ether oxygens (including phenoxy) is 2. The van der Waals surface area contributed by atoms with Gasteiger partial charge in [-0.15, -0.1) is 0 Å². The summed E-state index contributed by atoms with van der Waals surface area (Å²) in [5.74, 6) is 0.170. The number of aromatic amines is 1. The molecule has 232 valence electrons. The van der Waals surface area contributed by atoms with Crippen LogP contribution in [0.4, 0.5) is 11.8 Å².